The molecule has 5 heteroatoms. The summed E-state index contributed by atoms with van der Waals surface area (Å²) in [6.07, 6.45) is 7.19. The number of likely N-dealkylation sites (tertiary alicyclic amines) is 1. The summed E-state index contributed by atoms with van der Waals surface area (Å²) >= 11 is 0. The van der Waals surface area contributed by atoms with E-state index in [-0.39, 0.29) is 5.91 Å². The Kier molecular flexibility index (Phi) is 5.51. The van der Waals surface area contributed by atoms with Gasteiger partial charge in [-0.15, -0.1) is 0 Å². The molecule has 1 aliphatic heterocycles. The fourth-order valence-electron chi connectivity index (χ4n) is 2.99. The van der Waals surface area contributed by atoms with Gasteiger partial charge < -0.3 is 9.64 Å². The lowest BCUT2D eigenvalue weighted by molar-refractivity contribution is 0.0725. The van der Waals surface area contributed by atoms with E-state index in [4.69, 9.17) is 4.74 Å². The number of amides is 1. The molecule has 0 saturated carbocycles. The Morgan fingerprint density at radius 1 is 1.21 bits per heavy atom. The average Bonchev–Trinajstić information content (AvgIpc) is 3.12. The first-order valence-electron chi connectivity index (χ1n) is 8.85. The zero-order valence-corrected chi connectivity index (χ0v) is 14.3. The van der Waals surface area contributed by atoms with Gasteiger partial charge in [0, 0.05) is 18.7 Å². The molecular formula is C19H25N3O2. The van der Waals surface area contributed by atoms with Gasteiger partial charge in [0.05, 0.1) is 24.1 Å². The molecule has 2 aromatic rings. The lowest BCUT2D eigenvalue weighted by Crippen LogP contribution is -2.35. The van der Waals surface area contributed by atoms with Gasteiger partial charge in [-0.25, -0.2) is 0 Å². The molecule has 24 heavy (non-hydrogen) atoms. The van der Waals surface area contributed by atoms with Crippen LogP contribution in [0.4, 0.5) is 0 Å². The molecule has 0 bridgehead atoms. The second kappa shape index (κ2) is 7.99. The first kappa shape index (κ1) is 16.6. The van der Waals surface area contributed by atoms with E-state index in [1.807, 2.05) is 29.2 Å². The van der Waals surface area contributed by atoms with Crippen LogP contribution >= 0.6 is 0 Å². The summed E-state index contributed by atoms with van der Waals surface area (Å²) in [7, 11) is 0. The molecule has 2 heterocycles. The molecule has 0 spiro atoms. The molecule has 1 N–H and O–H groups in total. The number of carbonyl (C=O) groups excluding carboxylic acids is 1. The van der Waals surface area contributed by atoms with Crippen molar-refractivity contribution in [3.63, 3.8) is 0 Å². The molecule has 5 nitrogen and oxygen atoms in total. The van der Waals surface area contributed by atoms with Gasteiger partial charge in [-0.2, -0.15) is 5.10 Å². The van der Waals surface area contributed by atoms with E-state index < -0.39 is 0 Å². The minimum Gasteiger partial charge on any atom is -0.494 e. The highest BCUT2D eigenvalue weighted by atomic mass is 16.5. The predicted octanol–water partition coefficient (Wildman–Crippen LogP) is 3.88. The van der Waals surface area contributed by atoms with Gasteiger partial charge in [0.15, 0.2) is 0 Å². The number of benzene rings is 1. The lowest BCUT2D eigenvalue weighted by Gasteiger charge is -2.26. The first-order valence-corrected chi connectivity index (χ1v) is 8.85. The van der Waals surface area contributed by atoms with Crippen LogP contribution in [0.25, 0.3) is 11.3 Å². The van der Waals surface area contributed by atoms with E-state index in [1.54, 1.807) is 6.20 Å². The first-order chi connectivity index (χ1) is 11.8. The van der Waals surface area contributed by atoms with Crippen molar-refractivity contribution in [2.75, 3.05) is 19.7 Å². The van der Waals surface area contributed by atoms with Gasteiger partial charge in [-0.3, -0.25) is 9.89 Å². The zero-order valence-electron chi connectivity index (χ0n) is 14.3. The van der Waals surface area contributed by atoms with Crippen molar-refractivity contribution in [2.24, 2.45) is 0 Å². The average molecular weight is 327 g/mol. The van der Waals surface area contributed by atoms with Crippen molar-refractivity contribution in [3.05, 3.63) is 36.0 Å². The molecular weight excluding hydrogens is 302 g/mol. The summed E-state index contributed by atoms with van der Waals surface area (Å²) < 4.78 is 5.69. The van der Waals surface area contributed by atoms with E-state index in [9.17, 15) is 4.79 Å². The smallest absolute Gasteiger partial charge is 0.257 e. The largest absolute Gasteiger partial charge is 0.494 e. The van der Waals surface area contributed by atoms with E-state index in [0.29, 0.717) is 5.56 Å². The molecule has 0 atom stereocenters. The number of nitrogens with one attached hydrogen (secondary N) is 1. The van der Waals surface area contributed by atoms with Crippen LogP contribution in [0.2, 0.25) is 0 Å². The number of hydrogen-bond donors (Lipinski definition) is 1. The van der Waals surface area contributed by atoms with Crippen molar-refractivity contribution < 1.29 is 9.53 Å². The van der Waals surface area contributed by atoms with Crippen molar-refractivity contribution in [3.8, 4) is 17.0 Å². The lowest BCUT2D eigenvalue weighted by atomic mass is 10.1. The highest BCUT2D eigenvalue weighted by Crippen LogP contribution is 2.25. The molecule has 0 unspecified atom stereocenters. The third kappa shape index (κ3) is 3.78. The molecule has 3 rings (SSSR count). The maximum Gasteiger partial charge on any atom is 0.257 e. The van der Waals surface area contributed by atoms with E-state index in [2.05, 4.69) is 17.1 Å². The van der Waals surface area contributed by atoms with Crippen LogP contribution in [-0.4, -0.2) is 40.7 Å². The third-order valence-corrected chi connectivity index (χ3v) is 4.42. The van der Waals surface area contributed by atoms with Crippen LogP contribution in [0.5, 0.6) is 5.75 Å². The summed E-state index contributed by atoms with van der Waals surface area (Å²) in [5.74, 6) is 0.928. The van der Waals surface area contributed by atoms with E-state index >= 15 is 0 Å². The quantitative estimate of drug-likeness (QED) is 0.819. The number of carbonyl (C=O) groups is 1. The maximum absolute atomic E-state index is 12.7. The molecule has 1 aliphatic rings. The predicted molar refractivity (Wildman–Crippen MR) is 94.2 cm³/mol. The molecule has 1 fully saturated rings. The van der Waals surface area contributed by atoms with Gasteiger partial charge in [0.25, 0.3) is 5.91 Å². The van der Waals surface area contributed by atoms with Crippen molar-refractivity contribution >= 4 is 5.91 Å². The number of ether oxygens (including phenoxy) is 1. The topological polar surface area (TPSA) is 58.2 Å². The second-order valence-corrected chi connectivity index (χ2v) is 6.24. The van der Waals surface area contributed by atoms with Crippen molar-refractivity contribution in [1.29, 1.82) is 0 Å². The van der Waals surface area contributed by atoms with Crippen LogP contribution in [0.1, 0.15) is 49.4 Å². The van der Waals surface area contributed by atoms with Gasteiger partial charge in [0.1, 0.15) is 5.75 Å². The Morgan fingerprint density at radius 3 is 2.67 bits per heavy atom. The normalized spacial score (nSPS) is 14.6. The van der Waals surface area contributed by atoms with Gasteiger partial charge in [0.2, 0.25) is 0 Å². The summed E-state index contributed by atoms with van der Waals surface area (Å²) in [5.41, 5.74) is 2.39. The standard InChI is InChI=1S/C19H25N3O2/c1-2-3-13-24-16-9-7-15(8-10-16)18-17(14-20-21-18)19(23)22-11-5-4-6-12-22/h7-10,14H,2-6,11-13H2,1H3,(H,20,21). The van der Waals surface area contributed by atoms with Gasteiger partial charge >= 0.3 is 0 Å². The van der Waals surface area contributed by atoms with Crippen LogP contribution in [0.15, 0.2) is 30.5 Å². The van der Waals surface area contributed by atoms with E-state index in [0.717, 1.165) is 62.4 Å². The van der Waals surface area contributed by atoms with Crippen molar-refractivity contribution in [2.45, 2.75) is 39.0 Å². The number of aromatic nitrogens is 2. The Bertz CT molecular complexity index is 658. The SMILES string of the molecule is CCCCOc1ccc(-c2[nH]ncc2C(=O)N2CCCCC2)cc1. The maximum atomic E-state index is 12.7. The summed E-state index contributed by atoms with van der Waals surface area (Å²) in [6, 6.07) is 7.84. The summed E-state index contributed by atoms with van der Waals surface area (Å²) in [4.78, 5) is 14.7. The molecule has 1 amide bonds. The molecule has 0 radical (unpaired) electrons. The number of unbranched alkanes of at least 4 members (excludes halogenated alkanes) is 1. The van der Waals surface area contributed by atoms with Gasteiger partial charge in [-0.05, 0) is 49.9 Å². The zero-order chi connectivity index (χ0) is 16.8. The molecule has 0 aliphatic carbocycles. The summed E-state index contributed by atoms with van der Waals surface area (Å²) in [6.45, 7) is 4.56. The fraction of sp³-hybridized carbons (Fsp3) is 0.474. The Hall–Kier alpha value is -2.30. The Labute approximate surface area is 143 Å². The second-order valence-electron chi connectivity index (χ2n) is 6.24. The van der Waals surface area contributed by atoms with Crippen LogP contribution < -0.4 is 4.74 Å². The number of piperidine rings is 1. The number of aromatic amines is 1. The fourth-order valence-corrected chi connectivity index (χ4v) is 2.99. The Morgan fingerprint density at radius 2 is 1.96 bits per heavy atom. The van der Waals surface area contributed by atoms with Crippen LogP contribution in [0.3, 0.4) is 0 Å². The molecule has 128 valence electrons. The molecule has 1 aromatic heterocycles. The van der Waals surface area contributed by atoms with Crippen LogP contribution in [-0.2, 0) is 0 Å². The molecule has 1 saturated heterocycles. The number of rotatable bonds is 6. The number of nitrogens with zero attached hydrogens (tertiary/aromatic N) is 2. The van der Waals surface area contributed by atoms with Gasteiger partial charge in [-0.1, -0.05) is 13.3 Å². The Balaban J connectivity index is 1.73. The summed E-state index contributed by atoms with van der Waals surface area (Å²) in [5, 5.41) is 7.07. The minimum absolute atomic E-state index is 0.0710. The van der Waals surface area contributed by atoms with Crippen LogP contribution in [0, 0.1) is 0 Å². The third-order valence-electron chi connectivity index (χ3n) is 4.42. The number of H-pyrrole nitrogens is 1. The highest BCUT2D eigenvalue weighted by Gasteiger charge is 2.22. The minimum atomic E-state index is 0.0710. The van der Waals surface area contributed by atoms with E-state index in [1.165, 1.54) is 6.42 Å². The monoisotopic (exact) mass is 327 g/mol. The number of hydrogen-bond acceptors (Lipinski definition) is 3. The van der Waals surface area contributed by atoms with Crippen molar-refractivity contribution in [1.82, 2.24) is 15.1 Å². The molecule has 1 aromatic carbocycles. The highest BCUT2D eigenvalue weighted by molar-refractivity contribution is 5.99.